The van der Waals surface area contributed by atoms with Gasteiger partial charge in [-0.1, -0.05) is 0 Å². The molecule has 0 aromatic heterocycles. The van der Waals surface area contributed by atoms with Crippen LogP contribution in [0.25, 0.3) is 0 Å². The summed E-state index contributed by atoms with van der Waals surface area (Å²) in [6.45, 7) is 0. The predicted molar refractivity (Wildman–Crippen MR) is 27.5 cm³/mol. The third-order valence-corrected chi connectivity index (χ3v) is 4.48. The van der Waals surface area contributed by atoms with Gasteiger partial charge in [0.1, 0.15) is 0 Å². The van der Waals surface area contributed by atoms with Crippen LogP contribution in [0.3, 0.4) is 0 Å². The van der Waals surface area contributed by atoms with Gasteiger partial charge in [-0.05, 0) is 0 Å². The zero-order valence-electron chi connectivity index (χ0n) is 2.94. The molecule has 0 rings (SSSR count). The van der Waals surface area contributed by atoms with Crippen molar-refractivity contribution in [1.82, 2.24) is 0 Å². The summed E-state index contributed by atoms with van der Waals surface area (Å²) >= 11 is 1.24. The summed E-state index contributed by atoms with van der Waals surface area (Å²) in [7, 11) is 0. The molecule has 0 spiro atoms. The van der Waals surface area contributed by atoms with E-state index in [1.165, 1.54) is 5.21 Å². The maximum atomic E-state index is 8.20. The van der Waals surface area contributed by atoms with Crippen molar-refractivity contribution < 1.29 is 4.10 Å². The van der Waals surface area contributed by atoms with Gasteiger partial charge in [-0.25, -0.2) is 0 Å². The van der Waals surface area contributed by atoms with Gasteiger partial charge in [0.15, 0.2) is 0 Å². The molecule has 0 aliphatic heterocycles. The van der Waals surface area contributed by atoms with Gasteiger partial charge in [0.25, 0.3) is 0 Å². The summed E-state index contributed by atoms with van der Waals surface area (Å²) in [4.78, 5) is 0. The van der Waals surface area contributed by atoms with Crippen molar-refractivity contribution in [2.75, 3.05) is 0 Å². The molecule has 0 aliphatic rings. The van der Waals surface area contributed by atoms with E-state index in [0.717, 1.165) is 5.21 Å². The maximum absolute atomic E-state index is 8.20. The zero-order chi connectivity index (χ0) is 4.12. The van der Waals surface area contributed by atoms with E-state index in [0.29, 0.717) is 0 Å². The van der Waals surface area contributed by atoms with Gasteiger partial charge in [-0.2, -0.15) is 0 Å². The Kier molecular flexibility index (Phi) is 6.17. The van der Waals surface area contributed by atoms with E-state index in [-0.39, 0.29) is 0 Å². The molecule has 0 saturated heterocycles. The Labute approximate surface area is 47.7 Å². The molecule has 0 fully saturated rings. The van der Waals surface area contributed by atoms with E-state index < -0.39 is 16.1 Å². The molecule has 5 heavy (non-hydrogen) atoms. The fourth-order valence-electron chi connectivity index (χ4n) is 0.0645. The number of hydrogen-bond donors (Lipinski definition) is 1. The Morgan fingerprint density at radius 2 is 2.40 bits per heavy atom. The molecule has 0 aliphatic carbocycles. The molecule has 32 valence electrons. The summed E-state index contributed by atoms with van der Waals surface area (Å²) in [5.74, 6) is 0. The normalized spacial score (nSPS) is 10.8. The number of rotatable bonds is 2. The van der Waals surface area contributed by atoms with Crippen molar-refractivity contribution in [3.8, 4) is 0 Å². The quantitative estimate of drug-likeness (QED) is 0.552. The molecule has 1 N–H and O–H groups in total. The molecule has 0 bridgehead atoms. The molecule has 0 radical (unpaired) electrons. The second-order valence-corrected chi connectivity index (χ2v) is 3.62. The van der Waals surface area contributed by atoms with E-state index in [9.17, 15) is 0 Å². The van der Waals surface area contributed by atoms with E-state index in [1.807, 2.05) is 0 Å². The Hall–Kier alpha value is 1.08. The van der Waals surface area contributed by atoms with E-state index in [4.69, 9.17) is 4.10 Å². The van der Waals surface area contributed by atoms with E-state index in [1.54, 1.807) is 16.9 Å². The Bertz CT molecular complexity index is 15.1. The van der Waals surface area contributed by atoms with Crippen LogP contribution in [0.15, 0.2) is 0 Å². The van der Waals surface area contributed by atoms with Crippen LogP contribution in [-0.4, -0.2) is 37.0 Å². The Morgan fingerprint density at radius 3 is 2.40 bits per heavy atom. The van der Waals surface area contributed by atoms with Gasteiger partial charge in [-0.15, -0.1) is 0 Å². The second-order valence-electron chi connectivity index (χ2n) is 0.697. The first-order valence-corrected chi connectivity index (χ1v) is 5.62. The van der Waals surface area contributed by atoms with Gasteiger partial charge >= 0.3 is 47.5 Å². The molecule has 0 aromatic rings. The van der Waals surface area contributed by atoms with Crippen molar-refractivity contribution in [2.24, 2.45) is 0 Å². The van der Waals surface area contributed by atoms with Crippen molar-refractivity contribution in [1.29, 1.82) is 0 Å². The van der Waals surface area contributed by atoms with Crippen LogP contribution in [0.2, 0.25) is 10.4 Å². The van der Waals surface area contributed by atoms with Crippen LogP contribution in [0.1, 0.15) is 0 Å². The average Bonchev–Trinajstić information content (AvgIpc) is 1.41. The van der Waals surface area contributed by atoms with Crippen LogP contribution in [0, 0.1) is 0 Å². The third-order valence-electron chi connectivity index (χ3n) is 0.256. The molecular formula is C2H8As2O. The third kappa shape index (κ3) is 5.08. The monoisotopic (exact) mass is 198 g/mol. The molecular weight excluding hydrogens is 190 g/mol. The minimum atomic E-state index is -0.477. The summed E-state index contributed by atoms with van der Waals surface area (Å²) in [5, 5.41) is 2.31. The van der Waals surface area contributed by atoms with Gasteiger partial charge in [0, 0.05) is 0 Å². The van der Waals surface area contributed by atoms with E-state index in [2.05, 4.69) is 0 Å². The Morgan fingerprint density at radius 1 is 1.80 bits per heavy atom. The summed E-state index contributed by atoms with van der Waals surface area (Å²) in [5.41, 5.74) is 0. The minimum absolute atomic E-state index is 0.477. The summed E-state index contributed by atoms with van der Waals surface area (Å²) in [6, 6.07) is 0. The molecule has 1 nitrogen and oxygen atoms in total. The Balaban J connectivity index is 2.19. The molecule has 3 heteroatoms. The van der Waals surface area contributed by atoms with Crippen molar-refractivity contribution in [2.45, 2.75) is 10.4 Å². The molecule has 0 aromatic carbocycles. The second kappa shape index (κ2) is 5.08. The SMILES string of the molecule is O[AsH]CC[AsH2]. The van der Waals surface area contributed by atoms with Crippen LogP contribution in [0.4, 0.5) is 0 Å². The first kappa shape index (κ1) is 6.08. The zero-order valence-corrected chi connectivity index (χ0v) is 7.46. The first-order chi connectivity index (χ1) is 2.41. The molecule has 0 saturated carbocycles. The molecule has 0 heterocycles. The van der Waals surface area contributed by atoms with Crippen molar-refractivity contribution >= 4 is 32.9 Å². The fourth-order valence-corrected chi connectivity index (χ4v) is 1.74. The van der Waals surface area contributed by atoms with Gasteiger partial charge in [0.05, 0.1) is 0 Å². The van der Waals surface area contributed by atoms with Crippen molar-refractivity contribution in [3.05, 3.63) is 0 Å². The number of hydrogen-bond acceptors (Lipinski definition) is 1. The van der Waals surface area contributed by atoms with E-state index >= 15 is 0 Å². The van der Waals surface area contributed by atoms with Crippen LogP contribution in [0.5, 0.6) is 0 Å². The summed E-state index contributed by atoms with van der Waals surface area (Å²) in [6.07, 6.45) is 0. The first-order valence-electron chi connectivity index (χ1n) is 1.49. The standard InChI is InChI=1S/C2H8As2O/c3-1-2-4-5/h4-5H,1-3H2. The van der Waals surface area contributed by atoms with Crippen molar-refractivity contribution in [3.63, 3.8) is 0 Å². The average molecular weight is 198 g/mol. The molecule has 2 atom stereocenters. The molecule has 0 amide bonds. The molecule has 2 unspecified atom stereocenters. The van der Waals surface area contributed by atoms with Crippen LogP contribution >= 0.6 is 0 Å². The van der Waals surface area contributed by atoms with Gasteiger partial charge in [-0.3, -0.25) is 0 Å². The van der Waals surface area contributed by atoms with Crippen LogP contribution in [-0.2, 0) is 0 Å². The van der Waals surface area contributed by atoms with Gasteiger partial charge in [0.2, 0.25) is 0 Å². The van der Waals surface area contributed by atoms with Crippen LogP contribution < -0.4 is 0 Å². The predicted octanol–water partition coefficient (Wildman–Crippen LogP) is -1.20. The summed E-state index contributed by atoms with van der Waals surface area (Å²) < 4.78 is 8.20. The topological polar surface area (TPSA) is 20.2 Å². The van der Waals surface area contributed by atoms with Gasteiger partial charge < -0.3 is 0 Å². The fraction of sp³-hybridized carbons (Fsp3) is 1.00.